The molecule has 0 aromatic heterocycles. The molecule has 0 radical (unpaired) electrons. The molecule has 0 atom stereocenters. The predicted octanol–water partition coefficient (Wildman–Crippen LogP) is 3.17. The Morgan fingerprint density at radius 2 is 1.61 bits per heavy atom. The topological polar surface area (TPSA) is 56.8 Å². The second kappa shape index (κ2) is 8.97. The summed E-state index contributed by atoms with van der Waals surface area (Å²) >= 11 is 0. The van der Waals surface area contributed by atoms with Crippen molar-refractivity contribution in [3.8, 4) is 0 Å². The molecule has 2 N–H and O–H groups in total. The molecule has 2 aromatic rings. The summed E-state index contributed by atoms with van der Waals surface area (Å²) in [6, 6.07) is 16.3. The Labute approximate surface area is 166 Å². The summed E-state index contributed by atoms with van der Waals surface area (Å²) in [5, 5.41) is 6.26. The Morgan fingerprint density at radius 1 is 0.893 bits per heavy atom. The number of morpholine rings is 1. The smallest absolute Gasteiger partial charge is 0.243 e. The van der Waals surface area contributed by atoms with Gasteiger partial charge in [0.1, 0.15) is 0 Å². The number of ether oxygens (including phenoxy) is 1. The van der Waals surface area contributed by atoms with Gasteiger partial charge in [0.25, 0.3) is 0 Å². The minimum atomic E-state index is -0.0515. The lowest BCUT2D eigenvalue weighted by molar-refractivity contribution is -0.114. The lowest BCUT2D eigenvalue weighted by Gasteiger charge is -2.30. The van der Waals surface area contributed by atoms with Crippen molar-refractivity contribution in [2.24, 2.45) is 0 Å². The molecule has 148 valence electrons. The molecule has 2 heterocycles. The minimum absolute atomic E-state index is 0.0515. The Kier molecular flexibility index (Phi) is 5.97. The Bertz CT molecular complexity index is 781. The normalized spacial score (nSPS) is 16.9. The standard InChI is InChI=1S/C22H28N4O2/c27-22(17-23-18-7-9-19(10-8-18)25-11-3-4-12-25)24-20-5-1-2-6-21(20)26-13-15-28-16-14-26/h1-2,5-10,23H,3-4,11-17H2,(H,24,27). The number of nitrogens with zero attached hydrogens (tertiary/aromatic N) is 2. The van der Waals surface area contributed by atoms with Crippen molar-refractivity contribution in [2.45, 2.75) is 12.8 Å². The van der Waals surface area contributed by atoms with E-state index in [2.05, 4.69) is 32.6 Å². The van der Waals surface area contributed by atoms with E-state index in [-0.39, 0.29) is 12.5 Å². The third kappa shape index (κ3) is 4.57. The summed E-state index contributed by atoms with van der Waals surface area (Å²) in [4.78, 5) is 17.1. The molecule has 0 unspecified atom stereocenters. The maximum absolute atomic E-state index is 12.5. The van der Waals surface area contributed by atoms with E-state index in [0.29, 0.717) is 0 Å². The molecule has 2 aromatic carbocycles. The van der Waals surface area contributed by atoms with Crippen LogP contribution in [0.25, 0.3) is 0 Å². The Balaban J connectivity index is 1.32. The van der Waals surface area contributed by atoms with Crippen molar-refractivity contribution in [1.82, 2.24) is 0 Å². The van der Waals surface area contributed by atoms with Crippen LogP contribution >= 0.6 is 0 Å². The van der Waals surface area contributed by atoms with Crippen LogP contribution in [0.3, 0.4) is 0 Å². The third-order valence-corrected chi connectivity index (χ3v) is 5.32. The van der Waals surface area contributed by atoms with Crippen molar-refractivity contribution in [2.75, 3.05) is 66.4 Å². The van der Waals surface area contributed by atoms with Gasteiger partial charge >= 0.3 is 0 Å². The summed E-state index contributed by atoms with van der Waals surface area (Å²) in [6.45, 7) is 5.63. The number of benzene rings is 2. The minimum Gasteiger partial charge on any atom is -0.378 e. The van der Waals surface area contributed by atoms with Crippen molar-refractivity contribution in [3.05, 3.63) is 48.5 Å². The van der Waals surface area contributed by atoms with Crippen LogP contribution in [0.15, 0.2) is 48.5 Å². The number of amides is 1. The fraction of sp³-hybridized carbons (Fsp3) is 0.409. The van der Waals surface area contributed by atoms with Crippen LogP contribution in [0.1, 0.15) is 12.8 Å². The zero-order valence-corrected chi connectivity index (χ0v) is 16.2. The number of hydrogen-bond acceptors (Lipinski definition) is 5. The van der Waals surface area contributed by atoms with E-state index in [4.69, 9.17) is 4.74 Å². The Morgan fingerprint density at radius 3 is 2.36 bits per heavy atom. The van der Waals surface area contributed by atoms with E-state index in [1.807, 2.05) is 36.4 Å². The number of anilines is 4. The molecule has 2 aliphatic rings. The number of para-hydroxylation sites is 2. The lowest BCUT2D eigenvalue weighted by atomic mass is 10.2. The molecule has 28 heavy (non-hydrogen) atoms. The van der Waals surface area contributed by atoms with Crippen LogP contribution in [0.5, 0.6) is 0 Å². The van der Waals surface area contributed by atoms with E-state index in [9.17, 15) is 4.79 Å². The summed E-state index contributed by atoms with van der Waals surface area (Å²) in [5.41, 5.74) is 4.11. The van der Waals surface area contributed by atoms with Crippen LogP contribution < -0.4 is 20.4 Å². The molecule has 1 amide bonds. The van der Waals surface area contributed by atoms with Crippen LogP contribution in [0.2, 0.25) is 0 Å². The fourth-order valence-corrected chi connectivity index (χ4v) is 3.80. The van der Waals surface area contributed by atoms with Gasteiger partial charge in [-0.25, -0.2) is 0 Å². The highest BCUT2D eigenvalue weighted by Crippen LogP contribution is 2.26. The van der Waals surface area contributed by atoms with Crippen molar-refractivity contribution < 1.29 is 9.53 Å². The van der Waals surface area contributed by atoms with E-state index >= 15 is 0 Å². The molecule has 0 aliphatic carbocycles. The van der Waals surface area contributed by atoms with Crippen LogP contribution in [0.4, 0.5) is 22.7 Å². The van der Waals surface area contributed by atoms with Gasteiger partial charge in [-0.2, -0.15) is 0 Å². The molecule has 0 saturated carbocycles. The van der Waals surface area contributed by atoms with Crippen molar-refractivity contribution in [3.63, 3.8) is 0 Å². The van der Waals surface area contributed by atoms with Gasteiger partial charge in [-0.05, 0) is 49.2 Å². The van der Waals surface area contributed by atoms with Gasteiger partial charge in [0.15, 0.2) is 0 Å². The van der Waals surface area contributed by atoms with Crippen molar-refractivity contribution >= 4 is 28.7 Å². The van der Waals surface area contributed by atoms with E-state index in [0.717, 1.165) is 56.5 Å². The van der Waals surface area contributed by atoms with Crippen molar-refractivity contribution in [1.29, 1.82) is 0 Å². The second-order valence-corrected chi connectivity index (χ2v) is 7.26. The zero-order chi connectivity index (χ0) is 19.2. The molecule has 6 nitrogen and oxygen atoms in total. The molecular formula is C22H28N4O2. The number of hydrogen-bond donors (Lipinski definition) is 2. The molecule has 0 spiro atoms. The van der Waals surface area contributed by atoms with Gasteiger partial charge in [-0.15, -0.1) is 0 Å². The van der Waals surface area contributed by atoms with Crippen LogP contribution in [-0.2, 0) is 9.53 Å². The average Bonchev–Trinajstić information content (AvgIpc) is 3.29. The maximum atomic E-state index is 12.5. The zero-order valence-electron chi connectivity index (χ0n) is 16.2. The molecule has 6 heteroatoms. The molecule has 2 aliphatic heterocycles. The van der Waals surface area contributed by atoms with Crippen LogP contribution in [-0.4, -0.2) is 51.8 Å². The Hall–Kier alpha value is -2.73. The second-order valence-electron chi connectivity index (χ2n) is 7.26. The van der Waals surface area contributed by atoms with Gasteiger partial charge in [0, 0.05) is 37.6 Å². The van der Waals surface area contributed by atoms with Gasteiger partial charge in [-0.1, -0.05) is 12.1 Å². The summed E-state index contributed by atoms with van der Waals surface area (Å²) in [6.07, 6.45) is 2.54. The molecule has 2 fully saturated rings. The highest BCUT2D eigenvalue weighted by molar-refractivity contribution is 5.96. The number of rotatable bonds is 6. The number of nitrogens with one attached hydrogen (secondary N) is 2. The largest absolute Gasteiger partial charge is 0.378 e. The summed E-state index contributed by atoms with van der Waals surface area (Å²) in [5.74, 6) is -0.0515. The first-order valence-electron chi connectivity index (χ1n) is 10.1. The van der Waals surface area contributed by atoms with Gasteiger partial charge in [0.2, 0.25) is 5.91 Å². The summed E-state index contributed by atoms with van der Waals surface area (Å²) in [7, 11) is 0. The van der Waals surface area contributed by atoms with Gasteiger partial charge in [0.05, 0.1) is 31.1 Å². The summed E-state index contributed by atoms with van der Waals surface area (Å²) < 4.78 is 5.43. The highest BCUT2D eigenvalue weighted by Gasteiger charge is 2.16. The van der Waals surface area contributed by atoms with E-state index in [1.165, 1.54) is 18.5 Å². The van der Waals surface area contributed by atoms with Crippen LogP contribution in [0, 0.1) is 0 Å². The fourth-order valence-electron chi connectivity index (χ4n) is 3.80. The average molecular weight is 380 g/mol. The first kappa shape index (κ1) is 18.6. The number of carbonyl (C=O) groups is 1. The molecule has 0 bridgehead atoms. The van der Waals surface area contributed by atoms with Gasteiger partial charge < -0.3 is 25.2 Å². The third-order valence-electron chi connectivity index (χ3n) is 5.32. The number of carbonyl (C=O) groups excluding carboxylic acids is 1. The lowest BCUT2D eigenvalue weighted by Crippen LogP contribution is -2.37. The molecular weight excluding hydrogens is 352 g/mol. The predicted molar refractivity (Wildman–Crippen MR) is 114 cm³/mol. The highest BCUT2D eigenvalue weighted by atomic mass is 16.5. The van der Waals surface area contributed by atoms with Gasteiger partial charge in [-0.3, -0.25) is 4.79 Å². The SMILES string of the molecule is O=C(CNc1ccc(N2CCCC2)cc1)Nc1ccccc1N1CCOCC1. The quantitative estimate of drug-likeness (QED) is 0.806. The monoisotopic (exact) mass is 380 g/mol. The molecule has 2 saturated heterocycles. The first-order valence-corrected chi connectivity index (χ1v) is 10.1. The first-order chi connectivity index (χ1) is 13.8. The van der Waals surface area contributed by atoms with E-state index in [1.54, 1.807) is 0 Å². The van der Waals surface area contributed by atoms with E-state index < -0.39 is 0 Å². The molecule has 4 rings (SSSR count). The maximum Gasteiger partial charge on any atom is 0.243 e.